The Hall–Kier alpha value is -3.11. The summed E-state index contributed by atoms with van der Waals surface area (Å²) >= 11 is 6.49. The van der Waals surface area contributed by atoms with E-state index in [1.54, 1.807) is 30.3 Å². The zero-order chi connectivity index (χ0) is 29.7. The van der Waals surface area contributed by atoms with Crippen LogP contribution in [0.2, 0.25) is 5.02 Å². The Morgan fingerprint density at radius 3 is 2.26 bits per heavy atom. The Morgan fingerprint density at radius 2 is 1.64 bits per heavy atom. The van der Waals surface area contributed by atoms with E-state index in [1.165, 1.54) is 36.4 Å². The van der Waals surface area contributed by atoms with Crippen LogP contribution in [0.25, 0.3) is 11.1 Å². The number of carbonyl (C=O) groups excluding carboxylic acids is 1. The van der Waals surface area contributed by atoms with Gasteiger partial charge < -0.3 is 24.8 Å². The summed E-state index contributed by atoms with van der Waals surface area (Å²) in [7, 11) is 0. The number of aliphatic hydroxyl groups excluding tert-OH is 1. The number of nitrogens with one attached hydrogen (secondary N) is 1. The first kappa shape index (κ1) is 30.4. The first-order valence-corrected chi connectivity index (χ1v) is 14.6. The molecule has 0 aromatic heterocycles. The van der Waals surface area contributed by atoms with Crippen LogP contribution in [-0.2, 0) is 15.5 Å². The van der Waals surface area contributed by atoms with Gasteiger partial charge in [-0.2, -0.15) is 8.78 Å². The first-order chi connectivity index (χ1) is 20.2. The quantitative estimate of drug-likeness (QED) is 0.293. The molecule has 224 valence electrons. The topological polar surface area (TPSA) is 71.0 Å². The minimum atomic E-state index is -3.86. The van der Waals surface area contributed by atoms with E-state index in [0.717, 1.165) is 38.8 Å². The van der Waals surface area contributed by atoms with Crippen LogP contribution in [0.15, 0.2) is 66.7 Å². The minimum absolute atomic E-state index is 0.0267. The monoisotopic (exact) mass is 602 g/mol. The Morgan fingerprint density at radius 1 is 1.02 bits per heavy atom. The summed E-state index contributed by atoms with van der Waals surface area (Å²) in [6.45, 7) is 2.92. The van der Waals surface area contributed by atoms with E-state index in [1.807, 2.05) is 4.90 Å². The number of nitrogens with zero attached hydrogens (tertiary/aromatic N) is 1. The van der Waals surface area contributed by atoms with Gasteiger partial charge in [-0.1, -0.05) is 54.1 Å². The normalized spacial score (nSPS) is 18.0. The van der Waals surface area contributed by atoms with Crippen molar-refractivity contribution in [1.29, 1.82) is 0 Å². The molecule has 2 heterocycles. The first-order valence-electron chi connectivity index (χ1n) is 14.2. The van der Waals surface area contributed by atoms with Crippen LogP contribution in [0.3, 0.4) is 0 Å². The number of ether oxygens (including phenoxy) is 2. The fraction of sp³-hybridized carbons (Fsp3) is 0.406. The molecule has 0 saturated carbocycles. The molecule has 2 saturated heterocycles. The number of rotatable bonds is 10. The van der Waals surface area contributed by atoms with Crippen molar-refractivity contribution in [1.82, 2.24) is 10.2 Å². The standard InChI is InChI=1S/C32H34ClF3N2O4/c33-27-19-23(7-12-29(27)42-26-13-17-41-18-14-26)30(39)28(20-38-15-1-2-16-38)37-31(40)32(35,36)24-8-3-21(4-9-24)22-5-10-25(34)11-6-22/h3-12,19,26,28,30,39H,1-2,13-18,20H2,(H,37,40)/t28-,30-/m1/s1. The lowest BCUT2D eigenvalue weighted by molar-refractivity contribution is -0.149. The van der Waals surface area contributed by atoms with Crippen molar-refractivity contribution in [3.63, 3.8) is 0 Å². The molecule has 2 aliphatic rings. The summed E-state index contributed by atoms with van der Waals surface area (Å²) in [6, 6.07) is 14.8. The van der Waals surface area contributed by atoms with Gasteiger partial charge in [0.25, 0.3) is 5.91 Å². The SMILES string of the molecule is O=C(N[C@H](CN1CCCC1)[C@H](O)c1ccc(OC2CCOCC2)c(Cl)c1)C(F)(F)c1ccc(-c2ccc(F)cc2)cc1. The second-order valence-electron chi connectivity index (χ2n) is 10.8. The van der Waals surface area contributed by atoms with Crippen LogP contribution in [0, 0.1) is 5.82 Å². The van der Waals surface area contributed by atoms with Crippen molar-refractivity contribution in [3.8, 4) is 16.9 Å². The number of amides is 1. The highest BCUT2D eigenvalue weighted by atomic mass is 35.5. The Labute approximate surface area is 248 Å². The van der Waals surface area contributed by atoms with E-state index >= 15 is 8.78 Å². The van der Waals surface area contributed by atoms with Gasteiger partial charge in [0.2, 0.25) is 0 Å². The van der Waals surface area contributed by atoms with Crippen molar-refractivity contribution in [2.75, 3.05) is 32.8 Å². The summed E-state index contributed by atoms with van der Waals surface area (Å²) in [5.74, 6) is -5.30. The van der Waals surface area contributed by atoms with Gasteiger partial charge in [0.15, 0.2) is 0 Å². The molecule has 2 aliphatic heterocycles. The molecule has 2 N–H and O–H groups in total. The molecular formula is C32H34ClF3N2O4. The third kappa shape index (κ3) is 7.26. The molecule has 0 unspecified atom stereocenters. The average molecular weight is 603 g/mol. The third-order valence-electron chi connectivity index (χ3n) is 7.82. The van der Waals surface area contributed by atoms with Crippen LogP contribution >= 0.6 is 11.6 Å². The van der Waals surface area contributed by atoms with E-state index in [2.05, 4.69) is 5.32 Å². The van der Waals surface area contributed by atoms with Crippen molar-refractivity contribution in [2.24, 2.45) is 0 Å². The van der Waals surface area contributed by atoms with E-state index in [4.69, 9.17) is 21.1 Å². The maximum atomic E-state index is 15.4. The van der Waals surface area contributed by atoms with Gasteiger partial charge in [0, 0.05) is 24.9 Å². The van der Waals surface area contributed by atoms with Crippen LogP contribution < -0.4 is 10.1 Å². The Kier molecular flexibility index (Phi) is 9.73. The molecule has 10 heteroatoms. The van der Waals surface area contributed by atoms with E-state index in [9.17, 15) is 14.3 Å². The van der Waals surface area contributed by atoms with Gasteiger partial charge in [-0.3, -0.25) is 4.79 Å². The molecule has 2 fully saturated rings. The highest BCUT2D eigenvalue weighted by molar-refractivity contribution is 6.32. The summed E-state index contributed by atoms with van der Waals surface area (Å²) in [4.78, 5) is 15.1. The van der Waals surface area contributed by atoms with Crippen LogP contribution in [0.5, 0.6) is 5.75 Å². The van der Waals surface area contributed by atoms with Gasteiger partial charge in [-0.05, 0) is 66.9 Å². The summed E-state index contributed by atoms with van der Waals surface area (Å²) in [5, 5.41) is 14.0. The molecule has 42 heavy (non-hydrogen) atoms. The van der Waals surface area contributed by atoms with Gasteiger partial charge in [-0.25, -0.2) is 4.39 Å². The molecule has 0 bridgehead atoms. The summed E-state index contributed by atoms with van der Waals surface area (Å²) in [6.07, 6.45) is 2.08. The zero-order valence-electron chi connectivity index (χ0n) is 23.1. The number of aliphatic hydroxyl groups is 1. The number of likely N-dealkylation sites (tertiary alicyclic amines) is 1. The number of benzene rings is 3. The number of hydrogen-bond acceptors (Lipinski definition) is 5. The predicted octanol–water partition coefficient (Wildman–Crippen LogP) is 6.11. The molecule has 0 radical (unpaired) electrons. The van der Waals surface area contributed by atoms with Crippen LogP contribution in [0.1, 0.15) is 42.9 Å². The molecule has 5 rings (SSSR count). The van der Waals surface area contributed by atoms with Gasteiger partial charge >= 0.3 is 5.92 Å². The molecule has 2 atom stereocenters. The molecule has 0 aliphatic carbocycles. The number of carbonyl (C=O) groups is 1. The maximum Gasteiger partial charge on any atom is 0.349 e. The summed E-state index contributed by atoms with van der Waals surface area (Å²) in [5.41, 5.74) is 1.17. The van der Waals surface area contributed by atoms with E-state index in [-0.39, 0.29) is 17.7 Å². The van der Waals surface area contributed by atoms with Gasteiger partial charge in [0.1, 0.15) is 23.8 Å². The number of alkyl halides is 2. The van der Waals surface area contributed by atoms with Crippen molar-refractivity contribution < 1.29 is 32.5 Å². The second-order valence-corrected chi connectivity index (χ2v) is 11.2. The molecule has 3 aromatic carbocycles. The van der Waals surface area contributed by atoms with E-state index in [0.29, 0.717) is 35.7 Å². The number of hydrogen-bond donors (Lipinski definition) is 2. The smallest absolute Gasteiger partial charge is 0.349 e. The second kappa shape index (κ2) is 13.5. The predicted molar refractivity (Wildman–Crippen MR) is 154 cm³/mol. The lowest BCUT2D eigenvalue weighted by Crippen LogP contribution is -2.50. The minimum Gasteiger partial charge on any atom is -0.489 e. The van der Waals surface area contributed by atoms with Crippen molar-refractivity contribution in [2.45, 2.75) is 49.9 Å². The van der Waals surface area contributed by atoms with Crippen molar-refractivity contribution >= 4 is 17.5 Å². The average Bonchev–Trinajstić information content (AvgIpc) is 3.52. The zero-order valence-corrected chi connectivity index (χ0v) is 23.8. The molecule has 1 amide bonds. The highest BCUT2D eigenvalue weighted by Crippen LogP contribution is 2.34. The lowest BCUT2D eigenvalue weighted by atomic mass is 9.99. The Balaban J connectivity index is 1.31. The van der Waals surface area contributed by atoms with E-state index < -0.39 is 35.4 Å². The third-order valence-corrected chi connectivity index (χ3v) is 8.12. The fourth-order valence-electron chi connectivity index (χ4n) is 5.37. The molecule has 0 spiro atoms. The van der Waals surface area contributed by atoms with Crippen LogP contribution in [0.4, 0.5) is 13.2 Å². The highest BCUT2D eigenvalue weighted by Gasteiger charge is 2.43. The molecular weight excluding hydrogens is 569 g/mol. The van der Waals surface area contributed by atoms with Gasteiger partial charge in [0.05, 0.1) is 24.3 Å². The fourth-order valence-corrected chi connectivity index (χ4v) is 5.61. The van der Waals surface area contributed by atoms with Crippen LogP contribution in [-0.4, -0.2) is 60.9 Å². The Bertz CT molecular complexity index is 1340. The maximum absolute atomic E-state index is 15.4. The molecule has 6 nitrogen and oxygen atoms in total. The van der Waals surface area contributed by atoms with Crippen molar-refractivity contribution in [3.05, 3.63) is 88.7 Å². The summed E-state index contributed by atoms with van der Waals surface area (Å²) < 4.78 is 55.4. The lowest BCUT2D eigenvalue weighted by Gasteiger charge is -2.30. The molecule has 3 aromatic rings. The van der Waals surface area contributed by atoms with Gasteiger partial charge in [-0.15, -0.1) is 0 Å². The number of halogens is 4. The largest absolute Gasteiger partial charge is 0.489 e.